The molecule has 2 aliphatic heterocycles. The molecule has 52 heavy (non-hydrogen) atoms. The van der Waals surface area contributed by atoms with E-state index >= 15 is 8.78 Å². The highest BCUT2D eigenvalue weighted by Crippen LogP contribution is 2.47. The van der Waals surface area contributed by atoms with Crippen LogP contribution in [-0.4, -0.2) is 85.2 Å². The van der Waals surface area contributed by atoms with Crippen LogP contribution in [0.5, 0.6) is 6.01 Å². The van der Waals surface area contributed by atoms with Crippen LogP contribution in [0.4, 0.5) is 28.8 Å². The third kappa shape index (κ3) is 7.74. The summed E-state index contributed by atoms with van der Waals surface area (Å²) >= 11 is 7.78. The first-order valence-electron chi connectivity index (χ1n) is 17.3. The molecule has 2 atom stereocenters. The molecule has 2 fully saturated rings. The minimum Gasteiger partial charge on any atom is -0.461 e. The van der Waals surface area contributed by atoms with Gasteiger partial charge in [0.1, 0.15) is 40.4 Å². The number of piperazine rings is 1. The van der Waals surface area contributed by atoms with Gasteiger partial charge in [-0.1, -0.05) is 31.0 Å². The zero-order valence-corrected chi connectivity index (χ0v) is 32.1. The van der Waals surface area contributed by atoms with Crippen molar-refractivity contribution in [3.05, 3.63) is 40.4 Å². The maximum Gasteiger partial charge on any atom is 0.412 e. The van der Waals surface area contributed by atoms with E-state index in [-0.39, 0.29) is 59.9 Å². The fraction of sp³-hybridized carbons (Fsp3) is 0.514. The van der Waals surface area contributed by atoms with Crippen LogP contribution in [0.15, 0.2) is 18.2 Å². The maximum atomic E-state index is 17.2. The molecule has 2 aliphatic rings. The summed E-state index contributed by atoms with van der Waals surface area (Å²) in [5, 5.41) is 16.9. The topological polar surface area (TPSA) is 116 Å². The number of carbonyl (C=O) groups excluding carboxylic acids is 1. The number of halogens is 4. The second kappa shape index (κ2) is 16.0. The summed E-state index contributed by atoms with van der Waals surface area (Å²) in [5.41, 5.74) is -0.881. The minimum atomic E-state index is -0.805. The van der Waals surface area contributed by atoms with Crippen LogP contribution in [0.1, 0.15) is 65.9 Å². The number of alkyl halides is 1. The molecule has 2 N–H and O–H groups in total. The van der Waals surface area contributed by atoms with Crippen molar-refractivity contribution in [1.29, 1.82) is 5.26 Å². The number of nitriles is 1. The predicted octanol–water partition coefficient (Wildman–Crippen LogP) is 8.69. The molecular formula is C37H45ClF3N7O3S. The van der Waals surface area contributed by atoms with E-state index in [4.69, 9.17) is 26.1 Å². The van der Waals surface area contributed by atoms with E-state index in [2.05, 4.69) is 52.4 Å². The second-order valence-corrected chi connectivity index (χ2v) is 15.6. The van der Waals surface area contributed by atoms with Gasteiger partial charge in [-0.05, 0) is 78.2 Å². The number of nitrogens with zero attached hydrogens (tertiary/aromatic N) is 5. The number of anilines is 2. The Morgan fingerprint density at radius 2 is 2.00 bits per heavy atom. The number of amides is 1. The van der Waals surface area contributed by atoms with Crippen molar-refractivity contribution in [2.24, 2.45) is 0 Å². The smallest absolute Gasteiger partial charge is 0.412 e. The number of fused-ring (bicyclic) bond motifs is 2. The zero-order chi connectivity index (χ0) is 38.0. The number of benzene rings is 2. The summed E-state index contributed by atoms with van der Waals surface area (Å²) < 4.78 is 53.8. The van der Waals surface area contributed by atoms with Crippen molar-refractivity contribution in [2.45, 2.75) is 77.5 Å². The van der Waals surface area contributed by atoms with Crippen LogP contribution >= 0.6 is 22.9 Å². The monoisotopic (exact) mass is 759 g/mol. The molecule has 1 amide bonds. The molecule has 2 aromatic carbocycles. The van der Waals surface area contributed by atoms with Gasteiger partial charge in [0.25, 0.3) is 0 Å². The summed E-state index contributed by atoms with van der Waals surface area (Å²) in [4.78, 5) is 26.6. The second-order valence-electron chi connectivity index (χ2n) is 14.2. The summed E-state index contributed by atoms with van der Waals surface area (Å²) in [6.45, 7) is 12.7. The molecule has 6 rings (SSSR count). The van der Waals surface area contributed by atoms with Crippen molar-refractivity contribution < 1.29 is 27.4 Å². The van der Waals surface area contributed by atoms with Gasteiger partial charge in [0, 0.05) is 42.0 Å². The number of rotatable bonds is 8. The number of nitrogens with one attached hydrogen (secondary N) is 2. The van der Waals surface area contributed by atoms with Gasteiger partial charge in [-0.25, -0.2) is 13.6 Å². The number of hydrogen-bond acceptors (Lipinski definition) is 10. The average molecular weight is 760 g/mol. The largest absolute Gasteiger partial charge is 0.461 e. The van der Waals surface area contributed by atoms with Crippen molar-refractivity contribution in [2.75, 3.05) is 57.2 Å². The molecule has 10 nitrogen and oxygen atoms in total. The van der Waals surface area contributed by atoms with Gasteiger partial charge in [0.15, 0.2) is 5.82 Å². The number of ether oxygens (including phenoxy) is 2. The zero-order valence-electron chi connectivity index (χ0n) is 30.6. The third-order valence-electron chi connectivity index (χ3n) is 9.53. The number of aromatic nitrogens is 2. The molecule has 280 valence electrons. The Balaban J connectivity index is 0.00000257. The van der Waals surface area contributed by atoms with Crippen molar-refractivity contribution in [1.82, 2.24) is 20.2 Å². The van der Waals surface area contributed by atoms with Crippen LogP contribution in [0, 0.1) is 23.0 Å². The minimum absolute atomic E-state index is 0.00207. The number of likely N-dealkylation sites (N-methyl/N-ethyl adjacent to an activating group) is 1. The van der Waals surface area contributed by atoms with Crippen LogP contribution < -0.4 is 20.3 Å². The SMILES string of the molecule is CCCC1(COc2nc(N3CCNCC3C)c3cc(Cl)c(-c4ccc(F)c5sc(NC(=O)OC(C)(C)C)c(C#N)c45)c(F)c3n2)CCCN1C.CF. The highest BCUT2D eigenvalue weighted by Gasteiger charge is 2.39. The first-order valence-corrected chi connectivity index (χ1v) is 18.5. The highest BCUT2D eigenvalue weighted by molar-refractivity contribution is 7.23. The Hall–Kier alpha value is -3.90. The van der Waals surface area contributed by atoms with Gasteiger partial charge >= 0.3 is 12.1 Å². The molecule has 0 aliphatic carbocycles. The van der Waals surface area contributed by atoms with Gasteiger partial charge < -0.3 is 19.7 Å². The average Bonchev–Trinajstić information content (AvgIpc) is 3.65. The van der Waals surface area contributed by atoms with E-state index in [0.29, 0.717) is 44.6 Å². The van der Waals surface area contributed by atoms with E-state index in [1.807, 2.05) is 0 Å². The lowest BCUT2D eigenvalue weighted by Gasteiger charge is -2.36. The predicted molar refractivity (Wildman–Crippen MR) is 202 cm³/mol. The molecule has 2 unspecified atom stereocenters. The number of hydrogen-bond donors (Lipinski definition) is 2. The van der Waals surface area contributed by atoms with Crippen LogP contribution in [0.25, 0.3) is 32.1 Å². The molecule has 15 heteroatoms. The lowest BCUT2D eigenvalue weighted by molar-refractivity contribution is 0.0636. The van der Waals surface area contributed by atoms with Gasteiger partial charge in [-0.2, -0.15) is 15.2 Å². The van der Waals surface area contributed by atoms with E-state index in [9.17, 15) is 14.4 Å². The third-order valence-corrected chi connectivity index (χ3v) is 10.9. The van der Waals surface area contributed by atoms with Crippen LogP contribution in [0.2, 0.25) is 5.02 Å². The molecule has 0 saturated carbocycles. The van der Waals surface area contributed by atoms with Gasteiger partial charge in [-0.3, -0.25) is 14.6 Å². The van der Waals surface area contributed by atoms with E-state index in [1.165, 1.54) is 12.1 Å². The fourth-order valence-electron chi connectivity index (χ4n) is 7.13. The molecule has 4 heterocycles. The standard InChI is InChI=1S/C36H42ClF2N7O3S.CH3F/c1-7-11-36(12-8-14-45(36)6)19-48-33-42-29-22(31(43-33)46-15-13-41-18-20(46)2)16-24(37)27(28(29)39)21-9-10-25(38)30-26(21)23(17-40)32(50-30)44-34(47)49-35(3,4)5;1-2/h9-10,16,20,41H,7-8,11-15,18-19H2,1-6H3,(H,44,47);1H3. The summed E-state index contributed by atoms with van der Waals surface area (Å²) in [7, 11) is 2.60. The highest BCUT2D eigenvalue weighted by atomic mass is 35.5. The Morgan fingerprint density at radius 1 is 1.25 bits per heavy atom. The Kier molecular flexibility index (Phi) is 12.1. The summed E-state index contributed by atoms with van der Waals surface area (Å²) in [6, 6.07) is 6.38. The van der Waals surface area contributed by atoms with Crippen molar-refractivity contribution in [3.63, 3.8) is 0 Å². The molecule has 4 aromatic rings. The lowest BCUT2D eigenvalue weighted by Crippen LogP contribution is -2.50. The lowest BCUT2D eigenvalue weighted by atomic mass is 9.92. The molecule has 0 spiro atoms. The first kappa shape index (κ1) is 39.3. The number of carbonyl (C=O) groups is 1. The van der Waals surface area contributed by atoms with Gasteiger partial charge in [-0.15, -0.1) is 11.3 Å². The molecular weight excluding hydrogens is 715 g/mol. The molecule has 0 radical (unpaired) electrons. The summed E-state index contributed by atoms with van der Waals surface area (Å²) in [6.07, 6.45) is 3.17. The Morgan fingerprint density at radius 3 is 2.63 bits per heavy atom. The van der Waals surface area contributed by atoms with E-state index in [1.54, 1.807) is 26.8 Å². The Bertz CT molecular complexity index is 2000. The van der Waals surface area contributed by atoms with E-state index in [0.717, 1.165) is 43.6 Å². The van der Waals surface area contributed by atoms with E-state index < -0.39 is 23.3 Å². The molecule has 0 bridgehead atoms. The van der Waals surface area contributed by atoms with Gasteiger partial charge in [0.2, 0.25) is 0 Å². The van der Waals surface area contributed by atoms with Gasteiger partial charge in [0.05, 0.1) is 28.0 Å². The quantitative estimate of drug-likeness (QED) is 0.182. The molecule has 2 aromatic heterocycles. The maximum absolute atomic E-state index is 17.2. The first-order chi connectivity index (χ1) is 24.8. The Labute approximate surface area is 311 Å². The van der Waals surface area contributed by atoms with Crippen molar-refractivity contribution in [3.8, 4) is 23.2 Å². The van der Waals surface area contributed by atoms with Crippen LogP contribution in [-0.2, 0) is 4.74 Å². The van der Waals surface area contributed by atoms with Crippen LogP contribution in [0.3, 0.4) is 0 Å². The summed E-state index contributed by atoms with van der Waals surface area (Å²) in [5.74, 6) is -0.877. The van der Waals surface area contributed by atoms with Crippen molar-refractivity contribution >= 4 is 60.8 Å². The number of likely N-dealkylation sites (tertiary alicyclic amines) is 1. The fourth-order valence-corrected chi connectivity index (χ4v) is 8.49. The number of thiophene rings is 1. The molecule has 2 saturated heterocycles. The normalized spacial score (nSPS) is 19.3.